The van der Waals surface area contributed by atoms with E-state index in [-0.39, 0.29) is 11.5 Å². The number of methoxy groups -OCH3 is 4. The number of hydrogen-bond donors (Lipinski definition) is 0. The Hall–Kier alpha value is -3.00. The van der Waals surface area contributed by atoms with Gasteiger partial charge in [-0.2, -0.15) is 0 Å². The van der Waals surface area contributed by atoms with E-state index < -0.39 is 0 Å². The molecule has 3 aliphatic heterocycles. The van der Waals surface area contributed by atoms with E-state index in [2.05, 4.69) is 46.2 Å². The molecule has 0 N–H and O–H groups in total. The first-order chi connectivity index (χ1) is 18.7. The quantitative estimate of drug-likeness (QED) is 0.209. The van der Waals surface area contributed by atoms with Gasteiger partial charge in [-0.15, -0.1) is 0 Å². The second-order valence-electron chi connectivity index (χ2n) is 10.7. The topological polar surface area (TPSA) is 52.6 Å². The maximum atomic E-state index is 5.83. The third kappa shape index (κ3) is 3.82. The predicted molar refractivity (Wildman–Crippen MR) is 147 cm³/mol. The van der Waals surface area contributed by atoms with Crippen LogP contribution in [-0.2, 0) is 26.2 Å². The summed E-state index contributed by atoms with van der Waals surface area (Å²) in [4.78, 5) is 5.32. The predicted octanol–water partition coefficient (Wildman–Crippen LogP) is 4.52. The third-order valence-electron chi connectivity index (χ3n) is 9.13. The maximum absolute atomic E-state index is 5.83. The number of piperidine rings is 1. The summed E-state index contributed by atoms with van der Waals surface area (Å²) >= 11 is 0. The molecule has 4 atom stereocenters. The summed E-state index contributed by atoms with van der Waals surface area (Å²) in [5.74, 6) is 1.97. The number of benzene rings is 2. The molecular formula is C31H38N2O5. The molecule has 4 aliphatic rings. The number of fused-ring (bicyclic) bond motifs is 2. The van der Waals surface area contributed by atoms with Crippen molar-refractivity contribution in [3.63, 3.8) is 0 Å². The van der Waals surface area contributed by atoms with Crippen molar-refractivity contribution in [1.82, 2.24) is 4.90 Å². The van der Waals surface area contributed by atoms with E-state index in [1.165, 1.54) is 22.4 Å². The van der Waals surface area contributed by atoms with Crippen molar-refractivity contribution in [3.8, 4) is 11.5 Å². The fourth-order valence-corrected chi connectivity index (χ4v) is 7.71. The SMILES string of the molecule is COC=C1[C@H]2C[C@@H]3N(CC[C@@]34c3ccccc3N(Cc3ccc(OC)cc3OC)[C@@H]14)C/C2=C/COCOC. The number of hydrogen-bond acceptors (Lipinski definition) is 7. The van der Waals surface area contributed by atoms with Crippen LogP contribution in [0.5, 0.6) is 11.5 Å². The Balaban J connectivity index is 1.46. The lowest BCUT2D eigenvalue weighted by Gasteiger charge is -2.54. The molecule has 6 rings (SSSR count). The van der Waals surface area contributed by atoms with Crippen molar-refractivity contribution in [2.24, 2.45) is 5.92 Å². The van der Waals surface area contributed by atoms with Crippen molar-refractivity contribution in [3.05, 3.63) is 77.1 Å². The molecule has 2 aromatic carbocycles. The van der Waals surface area contributed by atoms with Crippen LogP contribution in [0.3, 0.4) is 0 Å². The number of para-hydroxylation sites is 1. The zero-order chi connectivity index (χ0) is 26.3. The summed E-state index contributed by atoms with van der Waals surface area (Å²) in [6.07, 6.45) is 6.55. The lowest BCUT2D eigenvalue weighted by atomic mass is 9.58. The fraction of sp³-hybridized carbons (Fsp3) is 0.484. The molecule has 202 valence electrons. The van der Waals surface area contributed by atoms with Crippen molar-refractivity contribution < 1.29 is 23.7 Å². The van der Waals surface area contributed by atoms with Crippen LogP contribution < -0.4 is 14.4 Å². The van der Waals surface area contributed by atoms with Gasteiger partial charge in [0.15, 0.2) is 0 Å². The monoisotopic (exact) mass is 518 g/mol. The summed E-state index contributed by atoms with van der Waals surface area (Å²) in [6, 6.07) is 15.9. The third-order valence-corrected chi connectivity index (χ3v) is 9.13. The first-order valence-corrected chi connectivity index (χ1v) is 13.5. The first kappa shape index (κ1) is 25.3. The molecule has 2 saturated heterocycles. The molecule has 1 aliphatic carbocycles. The van der Waals surface area contributed by atoms with Gasteiger partial charge in [0.05, 0.1) is 40.2 Å². The molecule has 0 radical (unpaired) electrons. The molecule has 0 amide bonds. The molecule has 0 aromatic heterocycles. The second-order valence-corrected chi connectivity index (χ2v) is 10.7. The van der Waals surface area contributed by atoms with Crippen LogP contribution in [0.15, 0.2) is 65.9 Å². The van der Waals surface area contributed by atoms with E-state index in [0.29, 0.717) is 25.4 Å². The number of ether oxygens (including phenoxy) is 5. The van der Waals surface area contributed by atoms with Gasteiger partial charge in [-0.3, -0.25) is 4.90 Å². The molecule has 38 heavy (non-hydrogen) atoms. The Labute approximate surface area is 225 Å². The van der Waals surface area contributed by atoms with E-state index in [1.54, 1.807) is 28.4 Å². The zero-order valence-electron chi connectivity index (χ0n) is 22.8. The lowest BCUT2D eigenvalue weighted by molar-refractivity contribution is -0.0191. The minimum atomic E-state index is 0.0369. The molecule has 7 heteroatoms. The van der Waals surface area contributed by atoms with E-state index in [0.717, 1.165) is 49.5 Å². The van der Waals surface area contributed by atoms with Gasteiger partial charge < -0.3 is 28.6 Å². The van der Waals surface area contributed by atoms with E-state index in [9.17, 15) is 0 Å². The standard InChI is InChI=1S/C31H38N2O5/c1-34-19-25-24-16-29-31(12-13-32(29)17-21(24)11-14-38-20-35-2)26-7-5-6-8-27(26)33(30(25)31)18-22-9-10-23(36-3)15-28(22)37-4/h5-11,15,19,24,29-30H,12-14,16-18,20H2,1-4H3/b21-11-,25-19?/t24-,29-,30-,31+/m0/s1. The molecule has 1 spiro atoms. The Morgan fingerprint density at radius 1 is 1.05 bits per heavy atom. The van der Waals surface area contributed by atoms with E-state index in [4.69, 9.17) is 23.7 Å². The fourth-order valence-electron chi connectivity index (χ4n) is 7.71. The summed E-state index contributed by atoms with van der Waals surface area (Å²) in [5, 5.41) is 0. The largest absolute Gasteiger partial charge is 0.504 e. The van der Waals surface area contributed by atoms with Gasteiger partial charge in [-0.05, 0) is 48.7 Å². The Morgan fingerprint density at radius 3 is 2.71 bits per heavy atom. The molecule has 1 saturated carbocycles. The van der Waals surface area contributed by atoms with Crippen molar-refractivity contribution in [1.29, 1.82) is 0 Å². The summed E-state index contributed by atoms with van der Waals surface area (Å²) in [6.45, 7) is 3.68. The van der Waals surface area contributed by atoms with Crippen LogP contribution in [0.25, 0.3) is 0 Å². The van der Waals surface area contributed by atoms with Crippen molar-refractivity contribution in [2.45, 2.75) is 36.9 Å². The molecule has 0 unspecified atom stereocenters. The first-order valence-electron chi connectivity index (χ1n) is 13.5. The maximum Gasteiger partial charge on any atom is 0.146 e. The highest BCUT2D eigenvalue weighted by molar-refractivity contribution is 5.70. The molecule has 3 fully saturated rings. The molecule has 3 heterocycles. The minimum Gasteiger partial charge on any atom is -0.504 e. The van der Waals surface area contributed by atoms with Crippen LogP contribution in [0.1, 0.15) is 24.0 Å². The normalized spacial score (nSPS) is 29.5. The van der Waals surface area contributed by atoms with E-state index >= 15 is 0 Å². The smallest absolute Gasteiger partial charge is 0.146 e. The van der Waals surface area contributed by atoms with Gasteiger partial charge in [0.2, 0.25) is 0 Å². The zero-order valence-corrected chi connectivity index (χ0v) is 22.8. The van der Waals surface area contributed by atoms with Crippen LogP contribution >= 0.6 is 0 Å². The highest BCUT2D eigenvalue weighted by atomic mass is 16.7. The summed E-state index contributed by atoms with van der Waals surface area (Å²) in [5.41, 5.74) is 6.77. The Morgan fingerprint density at radius 2 is 1.92 bits per heavy atom. The van der Waals surface area contributed by atoms with Crippen molar-refractivity contribution in [2.75, 3.05) is 59.8 Å². The van der Waals surface area contributed by atoms with Gasteiger partial charge in [0.25, 0.3) is 0 Å². The summed E-state index contributed by atoms with van der Waals surface area (Å²) < 4.78 is 27.9. The number of rotatable bonds is 9. The van der Waals surface area contributed by atoms with Crippen LogP contribution in [-0.4, -0.2) is 71.9 Å². The second kappa shape index (κ2) is 10.3. The average Bonchev–Trinajstić information content (AvgIpc) is 3.48. The van der Waals surface area contributed by atoms with Gasteiger partial charge >= 0.3 is 0 Å². The summed E-state index contributed by atoms with van der Waals surface area (Å²) in [7, 11) is 6.86. The molecule has 2 bridgehead atoms. The van der Waals surface area contributed by atoms with Gasteiger partial charge in [0, 0.05) is 54.9 Å². The van der Waals surface area contributed by atoms with E-state index in [1.807, 2.05) is 18.4 Å². The highest BCUT2D eigenvalue weighted by Gasteiger charge is 2.65. The molecular weight excluding hydrogens is 480 g/mol. The number of nitrogens with zero attached hydrogens (tertiary/aromatic N) is 2. The Bertz CT molecular complexity index is 1240. The highest BCUT2D eigenvalue weighted by Crippen LogP contribution is 2.63. The Kier molecular flexibility index (Phi) is 6.84. The van der Waals surface area contributed by atoms with Gasteiger partial charge in [-0.25, -0.2) is 0 Å². The minimum absolute atomic E-state index is 0.0369. The number of anilines is 1. The van der Waals surface area contributed by atoms with Crippen LogP contribution in [0.2, 0.25) is 0 Å². The molecule has 7 nitrogen and oxygen atoms in total. The van der Waals surface area contributed by atoms with Gasteiger partial charge in [0.1, 0.15) is 18.3 Å². The lowest BCUT2D eigenvalue weighted by Crippen LogP contribution is -2.61. The van der Waals surface area contributed by atoms with Crippen LogP contribution in [0, 0.1) is 5.92 Å². The average molecular weight is 519 g/mol. The van der Waals surface area contributed by atoms with Gasteiger partial charge in [-0.1, -0.05) is 29.8 Å². The van der Waals surface area contributed by atoms with Crippen molar-refractivity contribution >= 4 is 5.69 Å². The van der Waals surface area contributed by atoms with Crippen LogP contribution in [0.4, 0.5) is 5.69 Å². The molecule has 2 aromatic rings.